The lowest BCUT2D eigenvalue weighted by Gasteiger charge is -2.37. The number of aromatic nitrogens is 2. The molecule has 6 heteroatoms. The summed E-state index contributed by atoms with van der Waals surface area (Å²) in [4.78, 5) is 25.0. The van der Waals surface area contributed by atoms with Gasteiger partial charge in [-0.05, 0) is 37.8 Å². The lowest BCUT2D eigenvalue weighted by atomic mass is 9.97. The van der Waals surface area contributed by atoms with E-state index >= 15 is 0 Å². The molecule has 0 aliphatic carbocycles. The molecule has 1 amide bonds. The molecule has 144 valence electrons. The Morgan fingerprint density at radius 1 is 1.22 bits per heavy atom. The fraction of sp³-hybridized carbons (Fsp3) is 0.524. The number of nitrogens with zero attached hydrogens (tertiary/aromatic N) is 3. The number of carbonyl (C=O) groups excluding carboxylic acids is 1. The van der Waals surface area contributed by atoms with Gasteiger partial charge in [0.25, 0.3) is 5.91 Å². The molecule has 0 spiro atoms. The lowest BCUT2D eigenvalue weighted by molar-refractivity contribution is 0.0296. The number of aromatic amines is 1. The van der Waals surface area contributed by atoms with E-state index in [0.717, 1.165) is 75.5 Å². The molecule has 1 atom stereocenters. The normalized spacial score (nSPS) is 21.3. The van der Waals surface area contributed by atoms with E-state index in [0.29, 0.717) is 6.04 Å². The average molecular weight is 368 g/mol. The van der Waals surface area contributed by atoms with Crippen molar-refractivity contribution in [3.8, 4) is 11.3 Å². The van der Waals surface area contributed by atoms with Crippen molar-refractivity contribution < 1.29 is 9.53 Å². The van der Waals surface area contributed by atoms with Gasteiger partial charge in [-0.3, -0.25) is 9.69 Å². The van der Waals surface area contributed by atoms with E-state index < -0.39 is 0 Å². The first kappa shape index (κ1) is 18.2. The molecule has 2 aliphatic heterocycles. The van der Waals surface area contributed by atoms with Crippen LogP contribution in [0.2, 0.25) is 0 Å². The van der Waals surface area contributed by atoms with Gasteiger partial charge in [-0.25, -0.2) is 4.98 Å². The summed E-state index contributed by atoms with van der Waals surface area (Å²) in [6, 6.07) is 8.20. The number of hydrogen-bond donors (Lipinski definition) is 1. The van der Waals surface area contributed by atoms with Crippen LogP contribution in [0, 0.1) is 0 Å². The zero-order valence-corrected chi connectivity index (χ0v) is 15.8. The summed E-state index contributed by atoms with van der Waals surface area (Å²) in [6.07, 6.45) is 7.92. The fourth-order valence-corrected chi connectivity index (χ4v) is 4.12. The van der Waals surface area contributed by atoms with E-state index in [4.69, 9.17) is 4.74 Å². The van der Waals surface area contributed by atoms with Gasteiger partial charge in [0.2, 0.25) is 0 Å². The molecule has 3 heterocycles. The Labute approximate surface area is 160 Å². The average Bonchev–Trinajstić information content (AvgIpc) is 3.28. The Kier molecular flexibility index (Phi) is 5.84. The molecule has 1 aromatic carbocycles. The van der Waals surface area contributed by atoms with E-state index in [1.807, 2.05) is 24.3 Å². The zero-order chi connectivity index (χ0) is 18.5. The van der Waals surface area contributed by atoms with Crippen LogP contribution in [-0.2, 0) is 4.74 Å². The van der Waals surface area contributed by atoms with Gasteiger partial charge >= 0.3 is 0 Å². The fourth-order valence-electron chi connectivity index (χ4n) is 4.12. The topological polar surface area (TPSA) is 61.5 Å². The maximum absolute atomic E-state index is 13.2. The maximum atomic E-state index is 13.2. The molecule has 2 fully saturated rings. The highest BCUT2D eigenvalue weighted by atomic mass is 16.5. The molecule has 27 heavy (non-hydrogen) atoms. The van der Waals surface area contributed by atoms with E-state index in [-0.39, 0.29) is 5.91 Å². The maximum Gasteiger partial charge on any atom is 0.254 e. The van der Waals surface area contributed by atoms with Crippen molar-refractivity contribution in [2.24, 2.45) is 0 Å². The number of hydrogen-bond acceptors (Lipinski definition) is 4. The molecule has 0 unspecified atom stereocenters. The van der Waals surface area contributed by atoms with Crippen molar-refractivity contribution in [3.05, 3.63) is 42.4 Å². The molecular formula is C21H28N4O2. The van der Waals surface area contributed by atoms with Gasteiger partial charge in [0.15, 0.2) is 0 Å². The van der Waals surface area contributed by atoms with Crippen LogP contribution in [0.1, 0.15) is 36.0 Å². The van der Waals surface area contributed by atoms with E-state index in [1.165, 1.54) is 6.42 Å². The Bertz CT molecular complexity index is 740. The molecule has 6 nitrogen and oxygen atoms in total. The highest BCUT2D eigenvalue weighted by molar-refractivity contribution is 5.95. The molecule has 0 bridgehead atoms. The molecule has 1 aromatic heterocycles. The number of rotatable bonds is 5. The van der Waals surface area contributed by atoms with Crippen molar-refractivity contribution in [1.29, 1.82) is 0 Å². The first-order chi connectivity index (χ1) is 13.3. The van der Waals surface area contributed by atoms with Gasteiger partial charge in [-0.2, -0.15) is 0 Å². The third kappa shape index (κ3) is 4.39. The van der Waals surface area contributed by atoms with E-state index in [2.05, 4.69) is 19.8 Å². The summed E-state index contributed by atoms with van der Waals surface area (Å²) in [7, 11) is 0. The predicted octanol–water partition coefficient (Wildman–Crippen LogP) is 2.79. The van der Waals surface area contributed by atoms with Crippen molar-refractivity contribution in [1.82, 2.24) is 19.8 Å². The summed E-state index contributed by atoms with van der Waals surface area (Å²) < 4.78 is 5.44. The Morgan fingerprint density at radius 3 is 2.93 bits per heavy atom. The number of benzene rings is 1. The Balaban J connectivity index is 1.44. The molecular weight excluding hydrogens is 340 g/mol. The van der Waals surface area contributed by atoms with E-state index in [1.54, 1.807) is 12.5 Å². The van der Waals surface area contributed by atoms with Crippen LogP contribution in [0.25, 0.3) is 11.3 Å². The number of piperidine rings is 1. The molecule has 1 N–H and O–H groups in total. The molecule has 4 rings (SSSR count). The minimum absolute atomic E-state index is 0.156. The number of nitrogens with one attached hydrogen (secondary N) is 1. The quantitative estimate of drug-likeness (QED) is 0.882. The van der Waals surface area contributed by atoms with Crippen molar-refractivity contribution in [2.45, 2.75) is 31.7 Å². The van der Waals surface area contributed by atoms with Crippen LogP contribution in [0.5, 0.6) is 0 Å². The highest BCUT2D eigenvalue weighted by Gasteiger charge is 2.28. The van der Waals surface area contributed by atoms with E-state index in [9.17, 15) is 4.79 Å². The number of imidazole rings is 1. The number of carbonyl (C=O) groups is 1. The summed E-state index contributed by atoms with van der Waals surface area (Å²) >= 11 is 0. The molecule has 0 saturated carbocycles. The summed E-state index contributed by atoms with van der Waals surface area (Å²) in [5.74, 6) is 0.156. The van der Waals surface area contributed by atoms with Crippen molar-refractivity contribution >= 4 is 5.91 Å². The lowest BCUT2D eigenvalue weighted by Crippen LogP contribution is -2.46. The van der Waals surface area contributed by atoms with Crippen molar-refractivity contribution in [3.63, 3.8) is 0 Å². The molecule has 0 radical (unpaired) electrons. The van der Waals surface area contributed by atoms with Crippen LogP contribution < -0.4 is 0 Å². The SMILES string of the molecule is O=C(c1cccc(-c2cnc[nH]2)c1)N1CCCC[C@H]1CCN1CCOCC1. The summed E-state index contributed by atoms with van der Waals surface area (Å²) in [5.41, 5.74) is 2.70. The number of ether oxygens (including phenoxy) is 1. The Morgan fingerprint density at radius 2 is 2.11 bits per heavy atom. The van der Waals surface area contributed by atoms with Crippen LogP contribution in [-0.4, -0.2) is 71.1 Å². The number of amides is 1. The minimum atomic E-state index is 0.156. The van der Waals surface area contributed by atoms with Crippen molar-refractivity contribution in [2.75, 3.05) is 39.4 Å². The number of likely N-dealkylation sites (tertiary alicyclic amines) is 1. The second-order valence-electron chi connectivity index (χ2n) is 7.44. The Hall–Kier alpha value is -2.18. The number of H-pyrrole nitrogens is 1. The third-order valence-corrected chi connectivity index (χ3v) is 5.69. The number of morpholine rings is 1. The van der Waals surface area contributed by atoms with Gasteiger partial charge in [0.05, 0.1) is 31.4 Å². The van der Waals surface area contributed by atoms with Crippen LogP contribution >= 0.6 is 0 Å². The zero-order valence-electron chi connectivity index (χ0n) is 15.8. The van der Waals surface area contributed by atoms with Gasteiger partial charge in [0.1, 0.15) is 0 Å². The summed E-state index contributed by atoms with van der Waals surface area (Å²) in [5, 5.41) is 0. The second kappa shape index (κ2) is 8.67. The second-order valence-corrected chi connectivity index (χ2v) is 7.44. The minimum Gasteiger partial charge on any atom is -0.379 e. The molecule has 2 saturated heterocycles. The standard InChI is InChI=1S/C21H28N4O2/c26-21(18-5-3-4-17(14-18)20-15-22-16-23-20)25-8-2-1-6-19(25)7-9-24-10-12-27-13-11-24/h3-5,14-16,19H,1-2,6-13H2,(H,22,23)/t19-/m0/s1. The van der Waals surface area contributed by atoms with Gasteiger partial charge < -0.3 is 14.6 Å². The van der Waals surface area contributed by atoms with Gasteiger partial charge in [-0.1, -0.05) is 12.1 Å². The molecule has 2 aliphatic rings. The predicted molar refractivity (Wildman–Crippen MR) is 105 cm³/mol. The van der Waals surface area contributed by atoms with Crippen LogP contribution in [0.15, 0.2) is 36.8 Å². The van der Waals surface area contributed by atoms with Crippen LogP contribution in [0.3, 0.4) is 0 Å². The van der Waals surface area contributed by atoms with Gasteiger partial charge in [-0.15, -0.1) is 0 Å². The first-order valence-electron chi connectivity index (χ1n) is 10.0. The highest BCUT2D eigenvalue weighted by Crippen LogP contribution is 2.24. The summed E-state index contributed by atoms with van der Waals surface area (Å²) in [6.45, 7) is 5.58. The third-order valence-electron chi connectivity index (χ3n) is 5.69. The van der Waals surface area contributed by atoms with Gasteiger partial charge in [0, 0.05) is 43.3 Å². The smallest absolute Gasteiger partial charge is 0.254 e. The molecule has 2 aromatic rings. The first-order valence-corrected chi connectivity index (χ1v) is 10.0. The van der Waals surface area contributed by atoms with Crippen LogP contribution in [0.4, 0.5) is 0 Å². The largest absolute Gasteiger partial charge is 0.379 e. The monoisotopic (exact) mass is 368 g/mol.